The van der Waals surface area contributed by atoms with Crippen molar-refractivity contribution in [3.05, 3.63) is 64.7 Å². The van der Waals surface area contributed by atoms with E-state index in [0.29, 0.717) is 30.6 Å². The zero-order valence-corrected chi connectivity index (χ0v) is 20.5. The van der Waals surface area contributed by atoms with Gasteiger partial charge in [-0.15, -0.1) is 0 Å². The van der Waals surface area contributed by atoms with E-state index < -0.39 is 0 Å². The Morgan fingerprint density at radius 2 is 1.68 bits per heavy atom. The Hall–Kier alpha value is -3.19. The van der Waals surface area contributed by atoms with Gasteiger partial charge in [-0.2, -0.15) is 0 Å². The van der Waals surface area contributed by atoms with Crippen LogP contribution in [0.2, 0.25) is 0 Å². The quantitative estimate of drug-likeness (QED) is 0.530. The number of fused-ring (bicyclic) bond motifs is 1. The highest BCUT2D eigenvalue weighted by Gasteiger charge is 2.30. The second-order valence-corrected chi connectivity index (χ2v) is 8.99. The minimum atomic E-state index is -0.0724. The lowest BCUT2D eigenvalue weighted by Crippen LogP contribution is -2.51. The molecule has 0 N–H and O–H groups in total. The van der Waals surface area contributed by atoms with Gasteiger partial charge in [0.15, 0.2) is 0 Å². The molecule has 1 unspecified atom stereocenters. The fourth-order valence-electron chi connectivity index (χ4n) is 4.70. The first-order valence-corrected chi connectivity index (χ1v) is 12.2. The predicted octanol–water partition coefficient (Wildman–Crippen LogP) is 4.04. The summed E-state index contributed by atoms with van der Waals surface area (Å²) in [5, 5.41) is 0.599. The van der Waals surface area contributed by atoms with E-state index in [9.17, 15) is 9.59 Å². The van der Waals surface area contributed by atoms with E-state index in [4.69, 9.17) is 9.72 Å². The van der Waals surface area contributed by atoms with Gasteiger partial charge in [0.2, 0.25) is 5.91 Å². The lowest BCUT2D eigenvalue weighted by atomic mass is 10.1. The van der Waals surface area contributed by atoms with Crippen molar-refractivity contribution in [2.75, 3.05) is 32.8 Å². The molecule has 0 saturated carbocycles. The second kappa shape index (κ2) is 10.4. The summed E-state index contributed by atoms with van der Waals surface area (Å²) >= 11 is 0. The first kappa shape index (κ1) is 24.0. The van der Waals surface area contributed by atoms with Gasteiger partial charge in [0, 0.05) is 32.1 Å². The highest BCUT2D eigenvalue weighted by atomic mass is 16.5. The molecular formula is C27H34N4O3. The monoisotopic (exact) mass is 462 g/mol. The van der Waals surface area contributed by atoms with Crippen molar-refractivity contribution < 1.29 is 9.53 Å². The van der Waals surface area contributed by atoms with Gasteiger partial charge in [0.1, 0.15) is 11.6 Å². The molecule has 4 rings (SSSR count). The number of hydrogen-bond donors (Lipinski definition) is 0. The number of hydrogen-bond acceptors (Lipinski definition) is 5. The van der Waals surface area contributed by atoms with Crippen molar-refractivity contribution in [3.8, 4) is 11.4 Å². The van der Waals surface area contributed by atoms with Crippen LogP contribution in [0.15, 0.2) is 53.3 Å². The number of amides is 1. The van der Waals surface area contributed by atoms with Crippen molar-refractivity contribution >= 4 is 16.8 Å². The molecule has 180 valence electrons. The van der Waals surface area contributed by atoms with Crippen LogP contribution in [0.5, 0.6) is 5.75 Å². The average Bonchev–Trinajstić information content (AvgIpc) is 2.85. The lowest BCUT2D eigenvalue weighted by Gasteiger charge is -2.39. The summed E-state index contributed by atoms with van der Waals surface area (Å²) in [6, 6.07) is 15.1. The average molecular weight is 463 g/mol. The molecule has 2 aromatic carbocycles. The summed E-state index contributed by atoms with van der Waals surface area (Å²) in [5.41, 5.74) is 1.40. The molecule has 2 heterocycles. The number of ether oxygens (including phenoxy) is 1. The third kappa shape index (κ3) is 4.71. The molecule has 34 heavy (non-hydrogen) atoms. The van der Waals surface area contributed by atoms with Crippen LogP contribution in [-0.4, -0.2) is 58.0 Å². The highest BCUT2D eigenvalue weighted by Crippen LogP contribution is 2.27. The number of piperazine rings is 1. The molecule has 1 saturated heterocycles. The SMILES string of the molecule is CCOc1ccc(-n2c(C(CC)N3CCN(C(=O)C(C)C)CC3)nc3ccccc3c2=O)cc1. The topological polar surface area (TPSA) is 67.7 Å². The van der Waals surface area contributed by atoms with E-state index in [1.807, 2.05) is 74.2 Å². The van der Waals surface area contributed by atoms with Crippen LogP contribution < -0.4 is 10.3 Å². The van der Waals surface area contributed by atoms with Gasteiger partial charge in [0.05, 0.1) is 29.2 Å². The first-order valence-electron chi connectivity index (χ1n) is 12.2. The molecule has 7 heteroatoms. The summed E-state index contributed by atoms with van der Waals surface area (Å²) in [6.45, 7) is 11.4. The summed E-state index contributed by atoms with van der Waals surface area (Å²) in [6.07, 6.45) is 0.805. The highest BCUT2D eigenvalue weighted by molar-refractivity contribution is 5.78. The maximum Gasteiger partial charge on any atom is 0.266 e. The molecule has 1 fully saturated rings. The maximum absolute atomic E-state index is 13.7. The molecule has 1 atom stereocenters. The third-order valence-corrected chi connectivity index (χ3v) is 6.45. The van der Waals surface area contributed by atoms with Gasteiger partial charge in [-0.25, -0.2) is 4.98 Å². The van der Waals surface area contributed by atoms with Gasteiger partial charge in [-0.05, 0) is 49.7 Å². The Bertz CT molecular complexity index is 1190. The van der Waals surface area contributed by atoms with E-state index in [1.165, 1.54) is 0 Å². The van der Waals surface area contributed by atoms with E-state index in [2.05, 4.69) is 11.8 Å². The lowest BCUT2D eigenvalue weighted by molar-refractivity contribution is -0.136. The molecule has 0 spiro atoms. The van der Waals surface area contributed by atoms with Crippen molar-refractivity contribution in [1.29, 1.82) is 0 Å². The minimum Gasteiger partial charge on any atom is -0.494 e. The van der Waals surface area contributed by atoms with E-state index in [-0.39, 0.29) is 23.4 Å². The first-order chi connectivity index (χ1) is 16.4. The summed E-state index contributed by atoms with van der Waals surface area (Å²) in [7, 11) is 0. The number of nitrogens with zero attached hydrogens (tertiary/aromatic N) is 4. The number of aromatic nitrogens is 2. The van der Waals surface area contributed by atoms with E-state index >= 15 is 0 Å². The molecule has 1 aromatic heterocycles. The Morgan fingerprint density at radius 3 is 2.29 bits per heavy atom. The fraction of sp³-hybridized carbons (Fsp3) is 0.444. The second-order valence-electron chi connectivity index (χ2n) is 8.99. The van der Waals surface area contributed by atoms with Gasteiger partial charge < -0.3 is 9.64 Å². The van der Waals surface area contributed by atoms with Gasteiger partial charge in [-0.3, -0.25) is 19.1 Å². The van der Waals surface area contributed by atoms with Crippen LogP contribution in [0, 0.1) is 5.92 Å². The molecule has 3 aromatic rings. The molecule has 1 aliphatic rings. The van der Waals surface area contributed by atoms with E-state index in [0.717, 1.165) is 36.8 Å². The molecule has 1 aliphatic heterocycles. The summed E-state index contributed by atoms with van der Waals surface area (Å²) in [4.78, 5) is 35.5. The summed E-state index contributed by atoms with van der Waals surface area (Å²) < 4.78 is 7.34. The molecule has 0 radical (unpaired) electrons. The largest absolute Gasteiger partial charge is 0.494 e. The van der Waals surface area contributed by atoms with E-state index in [1.54, 1.807) is 4.57 Å². The Kier molecular flexibility index (Phi) is 7.32. The van der Waals surface area contributed by atoms with Crippen molar-refractivity contribution in [2.45, 2.75) is 40.2 Å². The van der Waals surface area contributed by atoms with Crippen LogP contribution in [0.3, 0.4) is 0 Å². The Morgan fingerprint density at radius 1 is 1.00 bits per heavy atom. The molecule has 7 nitrogen and oxygen atoms in total. The van der Waals surface area contributed by atoms with Crippen molar-refractivity contribution in [1.82, 2.24) is 19.4 Å². The molecule has 1 amide bonds. The Labute approximate surface area is 201 Å². The van der Waals surface area contributed by atoms with Crippen LogP contribution in [-0.2, 0) is 4.79 Å². The Balaban J connectivity index is 1.75. The molecular weight excluding hydrogens is 428 g/mol. The van der Waals surface area contributed by atoms with Crippen molar-refractivity contribution in [3.63, 3.8) is 0 Å². The van der Waals surface area contributed by atoms with Gasteiger partial charge >= 0.3 is 0 Å². The zero-order chi connectivity index (χ0) is 24.2. The van der Waals surface area contributed by atoms with Gasteiger partial charge in [-0.1, -0.05) is 32.9 Å². The standard InChI is InChI=1S/C27H34N4O3/c1-5-24(29-15-17-30(18-16-29)26(32)19(3)4)25-28-23-10-8-7-9-22(23)27(33)31(25)20-11-13-21(14-12-20)34-6-2/h7-14,19,24H,5-6,15-18H2,1-4H3. The number of carbonyl (C=O) groups excluding carboxylic acids is 1. The van der Waals surface area contributed by atoms with Crippen LogP contribution in [0.4, 0.5) is 0 Å². The fourth-order valence-corrected chi connectivity index (χ4v) is 4.70. The molecule has 0 bridgehead atoms. The number of benzene rings is 2. The van der Waals surface area contributed by atoms with Crippen molar-refractivity contribution in [2.24, 2.45) is 5.92 Å². The number of carbonyl (C=O) groups is 1. The van der Waals surface area contributed by atoms with Gasteiger partial charge in [0.25, 0.3) is 5.56 Å². The normalized spacial score (nSPS) is 15.6. The third-order valence-electron chi connectivity index (χ3n) is 6.45. The minimum absolute atomic E-state index is 0.000478. The predicted molar refractivity (Wildman–Crippen MR) is 135 cm³/mol. The number of rotatable bonds is 7. The maximum atomic E-state index is 13.7. The summed E-state index contributed by atoms with van der Waals surface area (Å²) in [5.74, 6) is 1.70. The van der Waals surface area contributed by atoms with Crippen LogP contribution in [0.1, 0.15) is 46.0 Å². The smallest absolute Gasteiger partial charge is 0.266 e. The van der Waals surface area contributed by atoms with Crippen LogP contribution in [0.25, 0.3) is 16.6 Å². The zero-order valence-electron chi connectivity index (χ0n) is 20.5. The number of para-hydroxylation sites is 1. The van der Waals surface area contributed by atoms with Crippen LogP contribution >= 0.6 is 0 Å². The molecule has 0 aliphatic carbocycles.